The Hall–Kier alpha value is -2.29. The molecule has 2 aromatic carbocycles. The highest BCUT2D eigenvalue weighted by molar-refractivity contribution is 5.91. The zero-order chi connectivity index (χ0) is 15.2. The Morgan fingerprint density at radius 2 is 1.81 bits per heavy atom. The molecule has 0 aromatic heterocycles. The molecule has 2 aromatic rings. The van der Waals surface area contributed by atoms with Crippen LogP contribution in [0.5, 0.6) is 5.75 Å². The van der Waals surface area contributed by atoms with Gasteiger partial charge in [0, 0.05) is 6.42 Å². The van der Waals surface area contributed by atoms with Crippen LogP contribution in [-0.2, 0) is 6.42 Å². The van der Waals surface area contributed by atoms with Crippen molar-refractivity contribution in [2.45, 2.75) is 32.8 Å². The van der Waals surface area contributed by atoms with Crippen LogP contribution in [-0.4, -0.2) is 16.7 Å². The first-order valence-electron chi connectivity index (χ1n) is 7.02. The number of aryl methyl sites for hydroxylation is 1. The molecule has 0 atom stereocenters. The van der Waals surface area contributed by atoms with E-state index in [9.17, 15) is 9.90 Å². The van der Waals surface area contributed by atoms with Gasteiger partial charge < -0.3 is 9.84 Å². The van der Waals surface area contributed by atoms with Crippen LogP contribution in [0.1, 0.15) is 35.3 Å². The number of rotatable bonds is 2. The van der Waals surface area contributed by atoms with Gasteiger partial charge in [0.25, 0.3) is 0 Å². The molecule has 1 heterocycles. The second kappa shape index (κ2) is 4.62. The molecule has 1 aliphatic rings. The molecule has 3 nitrogen and oxygen atoms in total. The summed E-state index contributed by atoms with van der Waals surface area (Å²) in [7, 11) is 0. The van der Waals surface area contributed by atoms with Crippen molar-refractivity contribution in [3.05, 3.63) is 53.1 Å². The molecule has 21 heavy (non-hydrogen) atoms. The smallest absolute Gasteiger partial charge is 0.335 e. The van der Waals surface area contributed by atoms with Crippen molar-refractivity contribution < 1.29 is 14.6 Å². The highest BCUT2D eigenvalue weighted by Gasteiger charge is 2.30. The third-order valence-electron chi connectivity index (χ3n) is 3.86. The third kappa shape index (κ3) is 2.51. The van der Waals surface area contributed by atoms with E-state index in [2.05, 4.69) is 19.9 Å². The molecular formula is C18H18O3. The summed E-state index contributed by atoms with van der Waals surface area (Å²) in [5, 5.41) is 9.24. The average molecular weight is 282 g/mol. The lowest BCUT2D eigenvalue weighted by Gasteiger charge is -2.16. The van der Waals surface area contributed by atoms with Gasteiger partial charge in [0.2, 0.25) is 0 Å². The maximum Gasteiger partial charge on any atom is 0.335 e. The van der Waals surface area contributed by atoms with Crippen molar-refractivity contribution >= 4 is 5.97 Å². The van der Waals surface area contributed by atoms with Crippen molar-refractivity contribution in [2.75, 3.05) is 0 Å². The number of fused-ring (bicyclic) bond motifs is 1. The second-order valence-corrected chi connectivity index (χ2v) is 6.20. The van der Waals surface area contributed by atoms with E-state index in [1.54, 1.807) is 6.07 Å². The number of carbonyl (C=O) groups is 1. The molecular weight excluding hydrogens is 264 g/mol. The lowest BCUT2D eigenvalue weighted by atomic mass is 9.96. The van der Waals surface area contributed by atoms with Gasteiger partial charge in [0.05, 0.1) is 5.56 Å². The SMILES string of the molecule is Cc1ccc(-c2ccc3c(c2)CC(C)(C)O3)cc1C(=O)O. The van der Waals surface area contributed by atoms with Crippen LogP contribution in [0.4, 0.5) is 0 Å². The largest absolute Gasteiger partial charge is 0.487 e. The van der Waals surface area contributed by atoms with Crippen LogP contribution in [0.2, 0.25) is 0 Å². The Bertz CT molecular complexity index is 729. The number of hydrogen-bond donors (Lipinski definition) is 1. The van der Waals surface area contributed by atoms with Crippen molar-refractivity contribution in [1.29, 1.82) is 0 Å². The van der Waals surface area contributed by atoms with Crippen LogP contribution in [0.15, 0.2) is 36.4 Å². The van der Waals surface area contributed by atoms with E-state index in [1.807, 2.05) is 31.2 Å². The maximum atomic E-state index is 11.3. The number of hydrogen-bond acceptors (Lipinski definition) is 2. The predicted molar refractivity (Wildman–Crippen MR) is 82.0 cm³/mol. The van der Waals surface area contributed by atoms with Gasteiger partial charge in [-0.3, -0.25) is 0 Å². The molecule has 0 saturated carbocycles. The normalized spacial score (nSPS) is 15.4. The van der Waals surface area contributed by atoms with Crippen molar-refractivity contribution in [2.24, 2.45) is 0 Å². The number of carboxylic acids is 1. The highest BCUT2D eigenvalue weighted by Crippen LogP contribution is 2.37. The van der Waals surface area contributed by atoms with E-state index in [4.69, 9.17) is 4.74 Å². The fraction of sp³-hybridized carbons (Fsp3) is 0.278. The van der Waals surface area contributed by atoms with E-state index in [0.29, 0.717) is 5.56 Å². The maximum absolute atomic E-state index is 11.3. The Labute approximate surface area is 124 Å². The summed E-state index contributed by atoms with van der Waals surface area (Å²) >= 11 is 0. The first-order valence-corrected chi connectivity index (χ1v) is 7.02. The molecule has 0 unspecified atom stereocenters. The fourth-order valence-electron chi connectivity index (χ4n) is 2.82. The number of aromatic carboxylic acids is 1. The molecule has 0 saturated heterocycles. The van der Waals surface area contributed by atoms with Crippen LogP contribution in [0.25, 0.3) is 11.1 Å². The van der Waals surface area contributed by atoms with Crippen LogP contribution in [0, 0.1) is 6.92 Å². The highest BCUT2D eigenvalue weighted by atomic mass is 16.5. The molecule has 3 rings (SSSR count). The van der Waals surface area contributed by atoms with Crippen molar-refractivity contribution in [3.8, 4) is 16.9 Å². The van der Waals surface area contributed by atoms with Gasteiger partial charge in [-0.1, -0.05) is 18.2 Å². The monoisotopic (exact) mass is 282 g/mol. The number of benzene rings is 2. The molecule has 0 spiro atoms. The molecule has 0 radical (unpaired) electrons. The molecule has 1 aliphatic heterocycles. The van der Waals surface area contributed by atoms with E-state index in [1.165, 1.54) is 5.56 Å². The summed E-state index contributed by atoms with van der Waals surface area (Å²) in [6, 6.07) is 11.6. The van der Waals surface area contributed by atoms with Gasteiger partial charge in [0.15, 0.2) is 0 Å². The standard InChI is InChI=1S/C18H18O3/c1-11-4-5-13(9-15(11)17(19)20)12-6-7-16-14(8-12)10-18(2,3)21-16/h4-9H,10H2,1-3H3,(H,19,20). The molecule has 0 amide bonds. The van der Waals surface area contributed by atoms with Crippen LogP contribution in [0.3, 0.4) is 0 Å². The minimum atomic E-state index is -0.889. The van der Waals surface area contributed by atoms with Crippen molar-refractivity contribution in [1.82, 2.24) is 0 Å². The first-order chi connectivity index (χ1) is 9.85. The zero-order valence-electron chi connectivity index (χ0n) is 12.4. The summed E-state index contributed by atoms with van der Waals surface area (Å²) in [5.74, 6) is 0.0364. The molecule has 1 N–H and O–H groups in total. The Morgan fingerprint density at radius 3 is 2.52 bits per heavy atom. The summed E-state index contributed by atoms with van der Waals surface area (Å²) in [6.45, 7) is 5.95. The Kier molecular flexibility index (Phi) is 3.01. The number of ether oxygens (including phenoxy) is 1. The fourth-order valence-corrected chi connectivity index (χ4v) is 2.82. The Balaban J connectivity index is 2.03. The van der Waals surface area contributed by atoms with E-state index >= 15 is 0 Å². The topological polar surface area (TPSA) is 46.5 Å². The quantitative estimate of drug-likeness (QED) is 0.903. The molecule has 0 bridgehead atoms. The van der Waals surface area contributed by atoms with E-state index < -0.39 is 5.97 Å². The molecule has 108 valence electrons. The minimum absolute atomic E-state index is 0.166. The predicted octanol–water partition coefficient (Wildman–Crippen LogP) is 4.07. The minimum Gasteiger partial charge on any atom is -0.487 e. The van der Waals surface area contributed by atoms with Gasteiger partial charge >= 0.3 is 5.97 Å². The van der Waals surface area contributed by atoms with Gasteiger partial charge in [-0.25, -0.2) is 4.79 Å². The van der Waals surface area contributed by atoms with Crippen molar-refractivity contribution in [3.63, 3.8) is 0 Å². The zero-order valence-corrected chi connectivity index (χ0v) is 12.4. The van der Waals surface area contributed by atoms with E-state index in [-0.39, 0.29) is 5.60 Å². The van der Waals surface area contributed by atoms with Crippen LogP contribution < -0.4 is 4.74 Å². The molecule has 0 aliphatic carbocycles. The van der Waals surface area contributed by atoms with Gasteiger partial charge in [-0.2, -0.15) is 0 Å². The lowest BCUT2D eigenvalue weighted by Crippen LogP contribution is -2.24. The van der Waals surface area contributed by atoms with Gasteiger partial charge in [-0.05, 0) is 61.2 Å². The van der Waals surface area contributed by atoms with Gasteiger partial charge in [-0.15, -0.1) is 0 Å². The lowest BCUT2D eigenvalue weighted by molar-refractivity contribution is 0.0696. The second-order valence-electron chi connectivity index (χ2n) is 6.20. The third-order valence-corrected chi connectivity index (χ3v) is 3.86. The van der Waals surface area contributed by atoms with Crippen LogP contribution >= 0.6 is 0 Å². The number of carboxylic acid groups (broad SMARTS) is 1. The van der Waals surface area contributed by atoms with Gasteiger partial charge in [0.1, 0.15) is 11.4 Å². The van der Waals surface area contributed by atoms with E-state index in [0.717, 1.165) is 28.9 Å². The molecule has 3 heteroatoms. The summed E-state index contributed by atoms with van der Waals surface area (Å²) in [6.07, 6.45) is 0.869. The Morgan fingerprint density at radius 1 is 1.14 bits per heavy atom. The summed E-state index contributed by atoms with van der Waals surface area (Å²) in [5.41, 5.74) is 4.08. The summed E-state index contributed by atoms with van der Waals surface area (Å²) < 4.78 is 5.87. The average Bonchev–Trinajstić information content (AvgIpc) is 2.71. The summed E-state index contributed by atoms with van der Waals surface area (Å²) in [4.78, 5) is 11.3. The first kappa shape index (κ1) is 13.7. The molecule has 0 fully saturated rings.